The number of aldehydes is 1. The average molecular weight is 291 g/mol. The van der Waals surface area contributed by atoms with E-state index in [1.165, 1.54) is 0 Å². The van der Waals surface area contributed by atoms with E-state index in [-0.39, 0.29) is 12.0 Å². The van der Waals surface area contributed by atoms with Crippen LogP contribution >= 0.6 is 0 Å². The summed E-state index contributed by atoms with van der Waals surface area (Å²) in [5.74, 6) is 1.74. The molecule has 1 heterocycles. The number of hydrogen-bond acceptors (Lipinski definition) is 4. The number of nitrogens with zero attached hydrogens (tertiary/aromatic N) is 1. The van der Waals surface area contributed by atoms with E-state index in [0.29, 0.717) is 6.42 Å². The SMILES string of the molecule is COc1cc(C(C)CC=O)ccc1OC1CCCN(C)C1. The number of carbonyl (C=O) groups excluding carboxylic acids is 1. The number of ether oxygens (including phenoxy) is 2. The first-order chi connectivity index (χ1) is 10.1. The third kappa shape index (κ3) is 4.21. The predicted molar refractivity (Wildman–Crippen MR) is 83.2 cm³/mol. The lowest BCUT2D eigenvalue weighted by Crippen LogP contribution is -2.38. The van der Waals surface area contributed by atoms with Gasteiger partial charge in [-0.15, -0.1) is 0 Å². The monoisotopic (exact) mass is 291 g/mol. The summed E-state index contributed by atoms with van der Waals surface area (Å²) >= 11 is 0. The van der Waals surface area contributed by atoms with Crippen LogP contribution in [-0.4, -0.2) is 44.5 Å². The highest BCUT2D eigenvalue weighted by molar-refractivity contribution is 5.52. The molecule has 0 saturated carbocycles. The average Bonchev–Trinajstić information content (AvgIpc) is 2.48. The molecule has 1 aromatic carbocycles. The number of likely N-dealkylation sites (tertiary alicyclic amines) is 1. The van der Waals surface area contributed by atoms with Gasteiger partial charge >= 0.3 is 0 Å². The smallest absolute Gasteiger partial charge is 0.161 e. The minimum absolute atomic E-state index is 0.200. The molecule has 0 spiro atoms. The van der Waals surface area contributed by atoms with Gasteiger partial charge in [0.15, 0.2) is 11.5 Å². The van der Waals surface area contributed by atoms with Gasteiger partial charge in [-0.25, -0.2) is 0 Å². The highest BCUT2D eigenvalue weighted by Gasteiger charge is 2.20. The zero-order chi connectivity index (χ0) is 15.2. The normalized spacial score (nSPS) is 20.8. The molecule has 4 heteroatoms. The molecule has 1 aliphatic rings. The summed E-state index contributed by atoms with van der Waals surface area (Å²) in [6.45, 7) is 4.13. The topological polar surface area (TPSA) is 38.8 Å². The zero-order valence-corrected chi connectivity index (χ0v) is 13.2. The lowest BCUT2D eigenvalue weighted by Gasteiger charge is -2.30. The number of methoxy groups -OCH3 is 1. The molecule has 0 aliphatic carbocycles. The van der Waals surface area contributed by atoms with Crippen LogP contribution in [0.1, 0.15) is 37.7 Å². The molecule has 0 amide bonds. The Hall–Kier alpha value is -1.55. The van der Waals surface area contributed by atoms with Gasteiger partial charge in [0, 0.05) is 13.0 Å². The van der Waals surface area contributed by atoms with Crippen LogP contribution in [0, 0.1) is 0 Å². The van der Waals surface area contributed by atoms with E-state index in [1.807, 2.05) is 25.1 Å². The molecule has 1 aliphatic heterocycles. The summed E-state index contributed by atoms with van der Waals surface area (Å²) in [7, 11) is 3.78. The molecule has 0 radical (unpaired) electrons. The number of carbonyl (C=O) groups is 1. The molecule has 1 aromatic rings. The van der Waals surface area contributed by atoms with Crippen LogP contribution in [0.3, 0.4) is 0 Å². The summed E-state index contributed by atoms with van der Waals surface area (Å²) < 4.78 is 11.6. The van der Waals surface area contributed by atoms with Gasteiger partial charge in [0.05, 0.1) is 7.11 Å². The lowest BCUT2D eigenvalue weighted by molar-refractivity contribution is -0.108. The summed E-state index contributed by atoms with van der Waals surface area (Å²) in [6, 6.07) is 5.97. The van der Waals surface area contributed by atoms with Gasteiger partial charge in [-0.05, 0) is 50.0 Å². The third-order valence-electron chi connectivity index (χ3n) is 4.08. The largest absolute Gasteiger partial charge is 0.493 e. The van der Waals surface area contributed by atoms with Crippen molar-refractivity contribution < 1.29 is 14.3 Å². The lowest BCUT2D eigenvalue weighted by atomic mass is 9.98. The number of benzene rings is 1. The Balaban J connectivity index is 2.10. The molecule has 1 fully saturated rings. The van der Waals surface area contributed by atoms with Gasteiger partial charge in [-0.3, -0.25) is 0 Å². The molecule has 0 bridgehead atoms. The maximum atomic E-state index is 10.6. The van der Waals surface area contributed by atoms with Crippen molar-refractivity contribution in [1.29, 1.82) is 0 Å². The minimum Gasteiger partial charge on any atom is -0.493 e. The maximum Gasteiger partial charge on any atom is 0.161 e. The van der Waals surface area contributed by atoms with Gasteiger partial charge < -0.3 is 19.2 Å². The molecule has 2 rings (SSSR count). The molecule has 2 unspecified atom stereocenters. The number of piperidine rings is 1. The van der Waals surface area contributed by atoms with Crippen molar-refractivity contribution in [3.05, 3.63) is 23.8 Å². The quantitative estimate of drug-likeness (QED) is 0.756. The van der Waals surface area contributed by atoms with Gasteiger partial charge in [-0.2, -0.15) is 0 Å². The van der Waals surface area contributed by atoms with Crippen molar-refractivity contribution in [2.75, 3.05) is 27.2 Å². The summed E-state index contributed by atoms with van der Waals surface area (Å²) in [5, 5.41) is 0. The molecule has 0 N–H and O–H groups in total. The van der Waals surface area contributed by atoms with E-state index in [9.17, 15) is 4.79 Å². The highest BCUT2D eigenvalue weighted by atomic mass is 16.5. The first-order valence-electron chi connectivity index (χ1n) is 7.60. The van der Waals surface area contributed by atoms with Crippen LogP contribution in [0.2, 0.25) is 0 Å². The Kier molecular flexibility index (Phi) is 5.62. The molecule has 1 saturated heterocycles. The maximum absolute atomic E-state index is 10.6. The Morgan fingerprint density at radius 3 is 2.90 bits per heavy atom. The second kappa shape index (κ2) is 7.46. The van der Waals surface area contributed by atoms with Crippen molar-refractivity contribution >= 4 is 6.29 Å². The van der Waals surface area contributed by atoms with Crippen LogP contribution in [0.5, 0.6) is 11.5 Å². The van der Waals surface area contributed by atoms with Gasteiger partial charge in [0.25, 0.3) is 0 Å². The van der Waals surface area contributed by atoms with E-state index in [1.54, 1.807) is 7.11 Å². The van der Waals surface area contributed by atoms with E-state index in [2.05, 4.69) is 11.9 Å². The van der Waals surface area contributed by atoms with Gasteiger partial charge in [0.2, 0.25) is 0 Å². The molecular formula is C17H25NO3. The molecular weight excluding hydrogens is 266 g/mol. The second-order valence-electron chi connectivity index (χ2n) is 5.86. The molecule has 116 valence electrons. The first kappa shape index (κ1) is 15.8. The fourth-order valence-corrected chi connectivity index (χ4v) is 2.76. The van der Waals surface area contributed by atoms with Crippen molar-refractivity contribution in [2.24, 2.45) is 0 Å². The number of rotatable bonds is 6. The summed E-state index contributed by atoms with van der Waals surface area (Å²) in [4.78, 5) is 12.9. The van der Waals surface area contributed by atoms with Crippen LogP contribution in [0.25, 0.3) is 0 Å². The molecule has 4 nitrogen and oxygen atoms in total. The van der Waals surface area contributed by atoms with Crippen molar-refractivity contribution in [3.63, 3.8) is 0 Å². The third-order valence-corrected chi connectivity index (χ3v) is 4.08. The first-order valence-corrected chi connectivity index (χ1v) is 7.60. The standard InChI is InChI=1S/C17H25NO3/c1-13(8-10-19)14-6-7-16(17(11-14)20-3)21-15-5-4-9-18(2)12-15/h6-7,10-11,13,15H,4-5,8-9,12H2,1-3H3. The van der Waals surface area contributed by atoms with E-state index >= 15 is 0 Å². The molecule has 21 heavy (non-hydrogen) atoms. The summed E-state index contributed by atoms with van der Waals surface area (Å²) in [6.07, 6.45) is 3.95. The molecule has 0 aromatic heterocycles. The summed E-state index contributed by atoms with van der Waals surface area (Å²) in [5.41, 5.74) is 1.10. The second-order valence-corrected chi connectivity index (χ2v) is 5.86. The van der Waals surface area contributed by atoms with Crippen LogP contribution < -0.4 is 9.47 Å². The fraction of sp³-hybridized carbons (Fsp3) is 0.588. The van der Waals surface area contributed by atoms with Crippen LogP contribution in [0.15, 0.2) is 18.2 Å². The van der Waals surface area contributed by atoms with Crippen molar-refractivity contribution in [3.8, 4) is 11.5 Å². The highest BCUT2D eigenvalue weighted by Crippen LogP contribution is 2.33. The van der Waals surface area contributed by atoms with Crippen molar-refractivity contribution in [2.45, 2.75) is 38.2 Å². The van der Waals surface area contributed by atoms with Crippen LogP contribution in [-0.2, 0) is 4.79 Å². The number of likely N-dealkylation sites (N-methyl/N-ethyl adjacent to an activating group) is 1. The Bertz CT molecular complexity index is 475. The fourth-order valence-electron chi connectivity index (χ4n) is 2.76. The van der Waals surface area contributed by atoms with Crippen molar-refractivity contribution in [1.82, 2.24) is 4.90 Å². The minimum atomic E-state index is 0.200. The van der Waals surface area contributed by atoms with E-state index in [4.69, 9.17) is 9.47 Å². The number of hydrogen-bond donors (Lipinski definition) is 0. The van der Waals surface area contributed by atoms with E-state index in [0.717, 1.165) is 49.3 Å². The predicted octanol–water partition coefficient (Wildman–Crippen LogP) is 2.86. The Morgan fingerprint density at radius 1 is 1.43 bits per heavy atom. The molecule has 2 atom stereocenters. The zero-order valence-electron chi connectivity index (χ0n) is 13.2. The van der Waals surface area contributed by atoms with Crippen LogP contribution in [0.4, 0.5) is 0 Å². The Morgan fingerprint density at radius 2 is 2.24 bits per heavy atom. The Labute approximate surface area is 127 Å². The van der Waals surface area contributed by atoms with E-state index < -0.39 is 0 Å². The van der Waals surface area contributed by atoms with Gasteiger partial charge in [-0.1, -0.05) is 13.0 Å². The van der Waals surface area contributed by atoms with Gasteiger partial charge in [0.1, 0.15) is 12.4 Å².